The average Bonchev–Trinajstić information content (AvgIpc) is 3.73. The number of hydrogen-bond donors (Lipinski definition) is 1. The molecule has 2 saturated heterocycles. The fraction of sp³-hybridized carbons (Fsp3) is 0.414. The minimum atomic E-state index is -0.235. The van der Waals surface area contributed by atoms with Crippen molar-refractivity contribution in [1.82, 2.24) is 20.0 Å². The Balaban J connectivity index is 1.03. The zero-order valence-electron chi connectivity index (χ0n) is 22.0. The summed E-state index contributed by atoms with van der Waals surface area (Å²) in [6.07, 6.45) is 2.07. The average molecular weight is 548 g/mol. The van der Waals surface area contributed by atoms with E-state index >= 15 is 0 Å². The van der Waals surface area contributed by atoms with E-state index < -0.39 is 0 Å². The molecular formula is C29H34ClN7O2. The third kappa shape index (κ3) is 5.74. The van der Waals surface area contributed by atoms with E-state index in [4.69, 9.17) is 22.1 Å². The second-order valence-corrected chi connectivity index (χ2v) is 11.1. The molecule has 3 heterocycles. The van der Waals surface area contributed by atoms with Gasteiger partial charge in [-0.25, -0.2) is 4.79 Å². The zero-order valence-corrected chi connectivity index (χ0v) is 22.8. The van der Waals surface area contributed by atoms with Gasteiger partial charge in [0, 0.05) is 64.1 Å². The highest BCUT2D eigenvalue weighted by Crippen LogP contribution is 2.47. The number of halogens is 1. The summed E-state index contributed by atoms with van der Waals surface area (Å²) in [7, 11) is 0. The molecular weight excluding hydrogens is 514 g/mol. The fourth-order valence-corrected chi connectivity index (χ4v) is 5.90. The van der Waals surface area contributed by atoms with Crippen molar-refractivity contribution >= 4 is 34.9 Å². The number of piperazine rings is 2. The number of anilines is 3. The minimum Gasteiger partial charge on any atom is -0.445 e. The third-order valence-electron chi connectivity index (χ3n) is 8.05. The van der Waals surface area contributed by atoms with Crippen LogP contribution in [0.4, 0.5) is 22.0 Å². The van der Waals surface area contributed by atoms with Gasteiger partial charge in [-0.2, -0.15) is 0 Å². The van der Waals surface area contributed by atoms with Crippen LogP contribution in [0.5, 0.6) is 0 Å². The summed E-state index contributed by atoms with van der Waals surface area (Å²) < 4.78 is 5.52. The van der Waals surface area contributed by atoms with Crippen LogP contribution in [0.2, 0.25) is 5.15 Å². The Bertz CT molecular complexity index is 1310. The van der Waals surface area contributed by atoms with Gasteiger partial charge in [-0.05, 0) is 36.1 Å². The van der Waals surface area contributed by atoms with Gasteiger partial charge in [-0.15, -0.1) is 10.2 Å². The van der Waals surface area contributed by atoms with Crippen molar-refractivity contribution in [1.29, 1.82) is 0 Å². The number of carbonyl (C=O) groups excluding carboxylic acids is 1. The van der Waals surface area contributed by atoms with Crippen molar-refractivity contribution in [3.05, 3.63) is 76.9 Å². The maximum atomic E-state index is 12.5. The number of nitrogens with zero attached hydrogens (tertiary/aromatic N) is 6. The second-order valence-electron chi connectivity index (χ2n) is 10.7. The monoisotopic (exact) mass is 547 g/mol. The zero-order chi connectivity index (χ0) is 26.8. The highest BCUT2D eigenvalue weighted by molar-refractivity contribution is 6.29. The molecule has 6 rings (SSSR count). The number of nitrogens with two attached hydrogens (primary N) is 1. The Morgan fingerprint density at radius 3 is 2.46 bits per heavy atom. The normalized spacial score (nSPS) is 18.8. The summed E-state index contributed by atoms with van der Waals surface area (Å²) in [5, 5.41) is 8.24. The fourth-order valence-electron chi connectivity index (χ4n) is 5.76. The van der Waals surface area contributed by atoms with Crippen LogP contribution in [0.15, 0.2) is 60.7 Å². The molecule has 3 aromatic rings. The molecule has 10 heteroatoms. The molecule has 1 amide bonds. The Labute approximate surface area is 234 Å². The van der Waals surface area contributed by atoms with Crippen molar-refractivity contribution in [2.45, 2.75) is 31.5 Å². The molecule has 0 unspecified atom stereocenters. The van der Waals surface area contributed by atoms with Crippen LogP contribution in [-0.2, 0) is 17.9 Å². The quantitative estimate of drug-likeness (QED) is 0.495. The van der Waals surface area contributed by atoms with Gasteiger partial charge in [0.25, 0.3) is 0 Å². The molecule has 2 aromatic carbocycles. The van der Waals surface area contributed by atoms with Crippen molar-refractivity contribution < 1.29 is 9.53 Å². The van der Waals surface area contributed by atoms with Crippen molar-refractivity contribution in [2.75, 3.05) is 61.3 Å². The lowest BCUT2D eigenvalue weighted by molar-refractivity contribution is 0.0700. The Morgan fingerprint density at radius 2 is 1.69 bits per heavy atom. The minimum absolute atomic E-state index is 0.116. The first-order chi connectivity index (χ1) is 19.0. The summed E-state index contributed by atoms with van der Waals surface area (Å²) in [5.41, 5.74) is 10.7. The predicted molar refractivity (Wildman–Crippen MR) is 153 cm³/mol. The van der Waals surface area contributed by atoms with E-state index in [9.17, 15) is 4.79 Å². The highest BCUT2D eigenvalue weighted by Gasteiger charge is 2.51. The first-order valence-corrected chi connectivity index (χ1v) is 14.0. The number of hydrogen-bond acceptors (Lipinski definition) is 8. The van der Waals surface area contributed by atoms with Crippen LogP contribution in [-0.4, -0.2) is 77.4 Å². The second kappa shape index (κ2) is 10.9. The molecule has 3 fully saturated rings. The SMILES string of the molecule is Nc1nnc(Cl)cc1N1CCN(c2cccc(CN3CCN(C(=O)OCc4ccccc4)CC3)c2)C2(CC2)C1. The predicted octanol–water partition coefficient (Wildman–Crippen LogP) is 4.03. The molecule has 1 aliphatic carbocycles. The van der Waals surface area contributed by atoms with E-state index in [1.807, 2.05) is 41.3 Å². The van der Waals surface area contributed by atoms with Crippen LogP contribution < -0.4 is 15.5 Å². The maximum Gasteiger partial charge on any atom is 0.410 e. The van der Waals surface area contributed by atoms with Gasteiger partial charge in [0.2, 0.25) is 0 Å². The molecule has 204 valence electrons. The van der Waals surface area contributed by atoms with Crippen molar-refractivity contribution in [3.8, 4) is 0 Å². The Morgan fingerprint density at radius 1 is 0.923 bits per heavy atom. The molecule has 3 aliphatic rings. The largest absolute Gasteiger partial charge is 0.445 e. The van der Waals surface area contributed by atoms with Crippen molar-refractivity contribution in [3.63, 3.8) is 0 Å². The number of carbonyl (C=O) groups is 1. The number of ether oxygens (including phenoxy) is 1. The summed E-state index contributed by atoms with van der Waals surface area (Å²) in [6, 6.07) is 20.5. The van der Waals surface area contributed by atoms with Crippen LogP contribution in [0.3, 0.4) is 0 Å². The first kappa shape index (κ1) is 25.7. The number of aromatic nitrogens is 2. The van der Waals surface area contributed by atoms with Gasteiger partial charge in [0.1, 0.15) is 6.61 Å². The van der Waals surface area contributed by atoms with Gasteiger partial charge in [-0.1, -0.05) is 54.1 Å². The van der Waals surface area contributed by atoms with E-state index in [2.05, 4.69) is 49.2 Å². The molecule has 0 bridgehead atoms. The third-order valence-corrected chi connectivity index (χ3v) is 8.24. The van der Waals surface area contributed by atoms with Crippen LogP contribution >= 0.6 is 11.6 Å². The number of nitrogen functional groups attached to an aromatic ring is 1. The Hall–Kier alpha value is -3.56. The van der Waals surface area contributed by atoms with E-state index in [0.717, 1.165) is 63.4 Å². The molecule has 9 nitrogen and oxygen atoms in total. The van der Waals surface area contributed by atoms with E-state index in [1.165, 1.54) is 11.3 Å². The number of rotatable bonds is 6. The highest BCUT2D eigenvalue weighted by atomic mass is 35.5. The van der Waals surface area contributed by atoms with E-state index in [0.29, 0.717) is 30.7 Å². The molecule has 1 aromatic heterocycles. The van der Waals surface area contributed by atoms with Gasteiger partial charge < -0.3 is 25.2 Å². The number of amides is 1. The lowest BCUT2D eigenvalue weighted by Gasteiger charge is -2.44. The summed E-state index contributed by atoms with van der Waals surface area (Å²) in [5.74, 6) is 0.426. The van der Waals surface area contributed by atoms with Crippen LogP contribution in [0.25, 0.3) is 0 Å². The van der Waals surface area contributed by atoms with Crippen LogP contribution in [0, 0.1) is 0 Å². The molecule has 0 radical (unpaired) electrons. The molecule has 1 spiro atoms. The van der Waals surface area contributed by atoms with Gasteiger partial charge in [-0.3, -0.25) is 4.90 Å². The van der Waals surface area contributed by atoms with E-state index in [-0.39, 0.29) is 11.6 Å². The molecule has 2 aliphatic heterocycles. The van der Waals surface area contributed by atoms with Crippen LogP contribution in [0.1, 0.15) is 24.0 Å². The maximum absolute atomic E-state index is 12.5. The van der Waals surface area contributed by atoms with E-state index in [1.54, 1.807) is 0 Å². The molecule has 2 N–H and O–H groups in total. The summed E-state index contributed by atoms with van der Waals surface area (Å²) in [4.78, 5) is 21.6. The standard InChI is InChI=1S/C29H34ClN7O2/c30-26-18-25(27(31)33-32-26)36-15-16-37(29(21-36)9-10-29)24-8-4-7-23(17-24)19-34-11-13-35(14-12-34)28(38)39-20-22-5-2-1-3-6-22/h1-8,17-18H,9-16,19-21H2,(H2,31,33). The smallest absolute Gasteiger partial charge is 0.410 e. The lowest BCUT2D eigenvalue weighted by Crippen LogP contribution is -2.55. The number of benzene rings is 2. The molecule has 1 saturated carbocycles. The van der Waals surface area contributed by atoms with Gasteiger partial charge in [0.15, 0.2) is 11.0 Å². The Kier molecular flexibility index (Phi) is 7.18. The van der Waals surface area contributed by atoms with Gasteiger partial charge >= 0.3 is 6.09 Å². The lowest BCUT2D eigenvalue weighted by atomic mass is 10.1. The van der Waals surface area contributed by atoms with Crippen molar-refractivity contribution in [2.24, 2.45) is 0 Å². The topological polar surface area (TPSA) is 91.1 Å². The summed E-state index contributed by atoms with van der Waals surface area (Å²) in [6.45, 7) is 6.84. The van der Waals surface area contributed by atoms with Gasteiger partial charge in [0.05, 0.1) is 11.2 Å². The molecule has 39 heavy (non-hydrogen) atoms. The molecule has 0 atom stereocenters. The summed E-state index contributed by atoms with van der Waals surface area (Å²) >= 11 is 6.11. The first-order valence-electron chi connectivity index (χ1n) is 13.6.